The fourth-order valence-electron chi connectivity index (χ4n) is 1.86. The van der Waals surface area contributed by atoms with Crippen LogP contribution < -0.4 is 0 Å². The zero-order valence-corrected chi connectivity index (χ0v) is 9.61. The first kappa shape index (κ1) is 11.5. The van der Waals surface area contributed by atoms with Gasteiger partial charge in [0.05, 0.1) is 6.04 Å². The molecule has 4 heteroatoms. The third kappa shape index (κ3) is 1.98. The summed E-state index contributed by atoms with van der Waals surface area (Å²) in [5.74, 6) is -0.939. The van der Waals surface area contributed by atoms with Gasteiger partial charge in [0.2, 0.25) is 0 Å². The summed E-state index contributed by atoms with van der Waals surface area (Å²) in [5, 5.41) is 0. The standard InChI is InChI=1S/C13H12FNO2/c1-8-7-12(16)15(13(8)17)9(2)10-3-5-11(14)6-4-10/h3-7,9H,1-2H3. The Labute approximate surface area is 98.5 Å². The summed E-state index contributed by atoms with van der Waals surface area (Å²) in [6.45, 7) is 3.35. The molecule has 0 aromatic heterocycles. The molecule has 1 unspecified atom stereocenters. The highest BCUT2D eigenvalue weighted by molar-refractivity contribution is 6.16. The van der Waals surface area contributed by atoms with E-state index < -0.39 is 0 Å². The normalized spacial score (nSPS) is 17.4. The molecule has 0 fully saturated rings. The maximum Gasteiger partial charge on any atom is 0.257 e. The van der Waals surface area contributed by atoms with E-state index in [0.29, 0.717) is 5.57 Å². The van der Waals surface area contributed by atoms with Crippen LogP contribution in [0.2, 0.25) is 0 Å². The van der Waals surface area contributed by atoms with Crippen LogP contribution in [0.15, 0.2) is 35.9 Å². The number of hydrogen-bond donors (Lipinski definition) is 0. The molecule has 2 rings (SSSR count). The van der Waals surface area contributed by atoms with Gasteiger partial charge in [-0.15, -0.1) is 0 Å². The van der Waals surface area contributed by atoms with E-state index in [0.717, 1.165) is 5.56 Å². The number of rotatable bonds is 2. The maximum atomic E-state index is 12.8. The highest BCUT2D eigenvalue weighted by Gasteiger charge is 2.32. The first-order chi connectivity index (χ1) is 8.00. The zero-order valence-electron chi connectivity index (χ0n) is 9.61. The van der Waals surface area contributed by atoms with Crippen molar-refractivity contribution >= 4 is 11.8 Å². The molecule has 1 aliphatic rings. The molecule has 0 N–H and O–H groups in total. The Balaban J connectivity index is 2.27. The maximum absolute atomic E-state index is 12.8. The number of amides is 2. The minimum atomic E-state index is -0.385. The lowest BCUT2D eigenvalue weighted by molar-refractivity contribution is -0.139. The van der Waals surface area contributed by atoms with Crippen molar-refractivity contribution in [3.8, 4) is 0 Å². The van der Waals surface area contributed by atoms with Crippen molar-refractivity contribution in [3.63, 3.8) is 0 Å². The topological polar surface area (TPSA) is 37.4 Å². The van der Waals surface area contributed by atoms with E-state index in [4.69, 9.17) is 0 Å². The average Bonchev–Trinajstić information content (AvgIpc) is 2.53. The Kier molecular flexibility index (Phi) is 2.79. The van der Waals surface area contributed by atoms with Gasteiger partial charge in [-0.05, 0) is 31.5 Å². The van der Waals surface area contributed by atoms with E-state index in [9.17, 15) is 14.0 Å². The molecular weight excluding hydrogens is 221 g/mol. The van der Waals surface area contributed by atoms with E-state index in [1.165, 1.54) is 23.1 Å². The lowest BCUT2D eigenvalue weighted by Crippen LogP contribution is -2.33. The molecule has 17 heavy (non-hydrogen) atoms. The van der Waals surface area contributed by atoms with Crippen molar-refractivity contribution in [1.29, 1.82) is 0 Å². The second-order valence-electron chi connectivity index (χ2n) is 4.07. The second kappa shape index (κ2) is 4.13. The van der Waals surface area contributed by atoms with Crippen molar-refractivity contribution < 1.29 is 14.0 Å². The predicted octanol–water partition coefficient (Wildman–Crippen LogP) is 2.20. The molecule has 0 spiro atoms. The van der Waals surface area contributed by atoms with E-state index in [1.807, 2.05) is 0 Å². The first-order valence-corrected chi connectivity index (χ1v) is 5.32. The molecule has 2 amide bonds. The van der Waals surface area contributed by atoms with E-state index in [-0.39, 0.29) is 23.7 Å². The van der Waals surface area contributed by atoms with Crippen molar-refractivity contribution in [1.82, 2.24) is 4.90 Å². The molecule has 1 aromatic rings. The van der Waals surface area contributed by atoms with Crippen LogP contribution >= 0.6 is 0 Å². The first-order valence-electron chi connectivity index (χ1n) is 5.32. The van der Waals surface area contributed by atoms with Gasteiger partial charge >= 0.3 is 0 Å². The number of carbonyl (C=O) groups excluding carboxylic acids is 2. The van der Waals surface area contributed by atoms with Crippen LogP contribution in [0.3, 0.4) is 0 Å². The molecule has 0 aliphatic carbocycles. The van der Waals surface area contributed by atoms with Gasteiger partial charge in [0.15, 0.2) is 0 Å². The van der Waals surface area contributed by atoms with Crippen molar-refractivity contribution in [3.05, 3.63) is 47.3 Å². The second-order valence-corrected chi connectivity index (χ2v) is 4.07. The SMILES string of the molecule is CC1=CC(=O)N(C(C)c2ccc(F)cc2)C1=O. The van der Waals surface area contributed by atoms with Gasteiger partial charge in [-0.3, -0.25) is 14.5 Å². The van der Waals surface area contributed by atoms with Crippen LogP contribution in [0, 0.1) is 5.82 Å². The molecule has 0 bridgehead atoms. The number of halogens is 1. The molecule has 1 atom stereocenters. The summed E-state index contributed by atoms with van der Waals surface area (Å²) < 4.78 is 12.8. The van der Waals surface area contributed by atoms with Crippen LogP contribution in [-0.2, 0) is 9.59 Å². The third-order valence-electron chi connectivity index (χ3n) is 2.87. The van der Waals surface area contributed by atoms with Gasteiger partial charge < -0.3 is 0 Å². The van der Waals surface area contributed by atoms with Gasteiger partial charge in [0.25, 0.3) is 11.8 Å². The average molecular weight is 233 g/mol. The molecule has 88 valence electrons. The van der Waals surface area contributed by atoms with Crippen LogP contribution in [0.5, 0.6) is 0 Å². The number of benzene rings is 1. The highest BCUT2D eigenvalue weighted by Crippen LogP contribution is 2.26. The molecule has 1 heterocycles. The summed E-state index contributed by atoms with van der Waals surface area (Å²) in [6.07, 6.45) is 1.32. The Morgan fingerprint density at radius 3 is 2.24 bits per heavy atom. The lowest BCUT2D eigenvalue weighted by Gasteiger charge is -2.23. The minimum absolute atomic E-state index is 0.285. The monoisotopic (exact) mass is 233 g/mol. The number of hydrogen-bond acceptors (Lipinski definition) is 2. The molecule has 1 aromatic carbocycles. The summed E-state index contributed by atoms with van der Waals surface area (Å²) in [6, 6.07) is 5.40. The smallest absolute Gasteiger partial charge is 0.257 e. The zero-order chi connectivity index (χ0) is 12.6. The van der Waals surface area contributed by atoms with E-state index in [1.54, 1.807) is 26.0 Å². The van der Waals surface area contributed by atoms with Gasteiger partial charge in [-0.25, -0.2) is 4.39 Å². The summed E-state index contributed by atoms with van der Waals surface area (Å²) in [5.41, 5.74) is 1.17. The lowest BCUT2D eigenvalue weighted by atomic mass is 10.1. The Bertz CT molecular complexity index is 505. The molecular formula is C13H12FNO2. The van der Waals surface area contributed by atoms with Crippen LogP contribution in [0.4, 0.5) is 4.39 Å². The molecule has 3 nitrogen and oxygen atoms in total. The third-order valence-corrected chi connectivity index (χ3v) is 2.87. The fourth-order valence-corrected chi connectivity index (χ4v) is 1.86. The number of nitrogens with zero attached hydrogens (tertiary/aromatic N) is 1. The molecule has 0 radical (unpaired) electrons. The molecule has 1 aliphatic heterocycles. The van der Waals surface area contributed by atoms with Crippen molar-refractivity contribution in [2.45, 2.75) is 19.9 Å². The van der Waals surface area contributed by atoms with Gasteiger partial charge in [-0.1, -0.05) is 12.1 Å². The fraction of sp³-hybridized carbons (Fsp3) is 0.231. The number of carbonyl (C=O) groups is 2. The molecule has 0 saturated heterocycles. The van der Waals surface area contributed by atoms with Crippen molar-refractivity contribution in [2.24, 2.45) is 0 Å². The van der Waals surface area contributed by atoms with Gasteiger partial charge in [-0.2, -0.15) is 0 Å². The van der Waals surface area contributed by atoms with Gasteiger partial charge in [0, 0.05) is 11.6 Å². The van der Waals surface area contributed by atoms with Gasteiger partial charge in [0.1, 0.15) is 5.82 Å². The Hall–Kier alpha value is -1.97. The Morgan fingerprint density at radius 2 is 1.76 bits per heavy atom. The van der Waals surface area contributed by atoms with E-state index >= 15 is 0 Å². The summed E-state index contributed by atoms with van der Waals surface area (Å²) in [7, 11) is 0. The minimum Gasteiger partial charge on any atom is -0.269 e. The Morgan fingerprint density at radius 1 is 1.18 bits per heavy atom. The van der Waals surface area contributed by atoms with Crippen LogP contribution in [0.25, 0.3) is 0 Å². The van der Waals surface area contributed by atoms with E-state index in [2.05, 4.69) is 0 Å². The van der Waals surface area contributed by atoms with Crippen molar-refractivity contribution in [2.75, 3.05) is 0 Å². The molecule has 0 saturated carbocycles. The van der Waals surface area contributed by atoms with Crippen LogP contribution in [-0.4, -0.2) is 16.7 Å². The van der Waals surface area contributed by atoms with Crippen LogP contribution in [0.1, 0.15) is 25.5 Å². The quantitative estimate of drug-likeness (QED) is 0.734. The number of imide groups is 1. The highest BCUT2D eigenvalue weighted by atomic mass is 19.1. The predicted molar refractivity (Wildman–Crippen MR) is 60.4 cm³/mol. The summed E-state index contributed by atoms with van der Waals surface area (Å²) >= 11 is 0. The summed E-state index contributed by atoms with van der Waals surface area (Å²) in [4.78, 5) is 24.6. The largest absolute Gasteiger partial charge is 0.269 e.